The van der Waals surface area contributed by atoms with Crippen molar-refractivity contribution in [1.29, 1.82) is 0 Å². The Bertz CT molecular complexity index is 505. The van der Waals surface area contributed by atoms with E-state index in [4.69, 9.17) is 16.3 Å². The van der Waals surface area contributed by atoms with E-state index in [1.165, 1.54) is 16.7 Å². The SMILES string of the molecule is COc1ccc(CC(Cl)c2ccccc2C)cc1. The van der Waals surface area contributed by atoms with E-state index in [2.05, 4.69) is 31.2 Å². The average molecular weight is 261 g/mol. The van der Waals surface area contributed by atoms with Crippen LogP contribution in [0.4, 0.5) is 0 Å². The van der Waals surface area contributed by atoms with Gasteiger partial charge in [0, 0.05) is 0 Å². The molecule has 2 heteroatoms. The standard InChI is InChI=1S/C16H17ClO/c1-12-5-3-4-6-15(12)16(17)11-13-7-9-14(18-2)10-8-13/h3-10,16H,11H2,1-2H3. The third kappa shape index (κ3) is 3.05. The first-order valence-electron chi connectivity index (χ1n) is 6.03. The van der Waals surface area contributed by atoms with Gasteiger partial charge in [0.05, 0.1) is 12.5 Å². The second-order valence-corrected chi connectivity index (χ2v) is 4.90. The van der Waals surface area contributed by atoms with Gasteiger partial charge in [0.2, 0.25) is 0 Å². The third-order valence-corrected chi connectivity index (χ3v) is 3.49. The molecule has 0 saturated heterocycles. The van der Waals surface area contributed by atoms with Gasteiger partial charge < -0.3 is 4.74 Å². The molecule has 18 heavy (non-hydrogen) atoms. The van der Waals surface area contributed by atoms with Crippen molar-refractivity contribution in [3.8, 4) is 5.75 Å². The summed E-state index contributed by atoms with van der Waals surface area (Å²) in [5, 5.41) is 0.0135. The molecule has 0 N–H and O–H groups in total. The number of ether oxygens (including phenoxy) is 1. The second kappa shape index (κ2) is 5.92. The number of hydrogen-bond acceptors (Lipinski definition) is 1. The molecule has 0 spiro atoms. The molecule has 1 unspecified atom stereocenters. The first-order valence-corrected chi connectivity index (χ1v) is 6.47. The lowest BCUT2D eigenvalue weighted by molar-refractivity contribution is 0.414. The van der Waals surface area contributed by atoms with E-state index in [0.717, 1.165) is 12.2 Å². The Morgan fingerprint density at radius 2 is 1.72 bits per heavy atom. The van der Waals surface area contributed by atoms with Gasteiger partial charge in [-0.15, -0.1) is 11.6 Å². The highest BCUT2D eigenvalue weighted by atomic mass is 35.5. The summed E-state index contributed by atoms with van der Waals surface area (Å²) in [5.41, 5.74) is 3.67. The van der Waals surface area contributed by atoms with Crippen LogP contribution < -0.4 is 4.74 Å². The minimum Gasteiger partial charge on any atom is -0.497 e. The summed E-state index contributed by atoms with van der Waals surface area (Å²) < 4.78 is 5.14. The van der Waals surface area contributed by atoms with Gasteiger partial charge in [0.25, 0.3) is 0 Å². The molecule has 0 amide bonds. The zero-order valence-electron chi connectivity index (χ0n) is 10.7. The molecule has 0 radical (unpaired) electrons. The topological polar surface area (TPSA) is 9.23 Å². The quantitative estimate of drug-likeness (QED) is 0.734. The smallest absolute Gasteiger partial charge is 0.118 e. The van der Waals surface area contributed by atoms with E-state index in [1.807, 2.05) is 24.3 Å². The number of aryl methyl sites for hydroxylation is 1. The maximum atomic E-state index is 6.49. The van der Waals surface area contributed by atoms with Gasteiger partial charge in [-0.2, -0.15) is 0 Å². The number of rotatable bonds is 4. The van der Waals surface area contributed by atoms with Gasteiger partial charge in [-0.05, 0) is 42.2 Å². The maximum Gasteiger partial charge on any atom is 0.118 e. The lowest BCUT2D eigenvalue weighted by atomic mass is 10.00. The maximum absolute atomic E-state index is 6.49. The molecule has 94 valence electrons. The monoisotopic (exact) mass is 260 g/mol. The lowest BCUT2D eigenvalue weighted by Gasteiger charge is -2.13. The van der Waals surface area contributed by atoms with Gasteiger partial charge >= 0.3 is 0 Å². The van der Waals surface area contributed by atoms with Crippen molar-refractivity contribution >= 4 is 11.6 Å². The molecule has 0 aromatic heterocycles. The summed E-state index contributed by atoms with van der Waals surface area (Å²) in [6, 6.07) is 16.3. The molecule has 1 atom stereocenters. The second-order valence-electron chi connectivity index (χ2n) is 4.38. The molecule has 0 saturated carbocycles. The molecule has 2 rings (SSSR count). The van der Waals surface area contributed by atoms with Gasteiger partial charge in [0.15, 0.2) is 0 Å². The number of hydrogen-bond donors (Lipinski definition) is 0. The summed E-state index contributed by atoms with van der Waals surface area (Å²) in [5.74, 6) is 0.876. The summed E-state index contributed by atoms with van der Waals surface area (Å²) in [6.45, 7) is 2.10. The third-order valence-electron chi connectivity index (χ3n) is 3.10. The molecule has 0 aliphatic rings. The number of halogens is 1. The zero-order valence-corrected chi connectivity index (χ0v) is 11.4. The summed E-state index contributed by atoms with van der Waals surface area (Å²) in [6.07, 6.45) is 0.830. The normalized spacial score (nSPS) is 12.2. The summed E-state index contributed by atoms with van der Waals surface area (Å²) in [7, 11) is 1.67. The molecule has 0 bridgehead atoms. The van der Waals surface area contributed by atoms with Crippen molar-refractivity contribution in [2.75, 3.05) is 7.11 Å². The minimum atomic E-state index is 0.0135. The van der Waals surface area contributed by atoms with E-state index in [9.17, 15) is 0 Å². The van der Waals surface area contributed by atoms with Gasteiger partial charge in [0.1, 0.15) is 5.75 Å². The van der Waals surface area contributed by atoms with Crippen LogP contribution in [0.15, 0.2) is 48.5 Å². The van der Waals surface area contributed by atoms with Crippen LogP contribution >= 0.6 is 11.6 Å². The van der Waals surface area contributed by atoms with Gasteiger partial charge in [-0.3, -0.25) is 0 Å². The average Bonchev–Trinajstić information content (AvgIpc) is 2.40. The molecule has 0 fully saturated rings. The fraction of sp³-hybridized carbons (Fsp3) is 0.250. The van der Waals surface area contributed by atoms with Crippen LogP contribution in [0.3, 0.4) is 0 Å². The van der Waals surface area contributed by atoms with Crippen LogP contribution in [0.2, 0.25) is 0 Å². The number of alkyl halides is 1. The van der Waals surface area contributed by atoms with Crippen molar-refractivity contribution in [3.05, 3.63) is 65.2 Å². The molecular weight excluding hydrogens is 244 g/mol. The highest BCUT2D eigenvalue weighted by Gasteiger charge is 2.10. The molecule has 0 aliphatic heterocycles. The lowest BCUT2D eigenvalue weighted by Crippen LogP contribution is -1.98. The van der Waals surface area contributed by atoms with Gasteiger partial charge in [-0.1, -0.05) is 36.4 Å². The first-order chi connectivity index (χ1) is 8.70. The van der Waals surface area contributed by atoms with Crippen molar-refractivity contribution in [3.63, 3.8) is 0 Å². The summed E-state index contributed by atoms with van der Waals surface area (Å²) in [4.78, 5) is 0. The van der Waals surface area contributed by atoms with Crippen LogP contribution in [0.5, 0.6) is 5.75 Å². The van der Waals surface area contributed by atoms with E-state index in [0.29, 0.717) is 0 Å². The fourth-order valence-corrected chi connectivity index (χ4v) is 2.44. The predicted molar refractivity (Wildman–Crippen MR) is 76.5 cm³/mol. The molecule has 2 aromatic rings. The Balaban J connectivity index is 2.11. The fourth-order valence-electron chi connectivity index (χ4n) is 2.02. The van der Waals surface area contributed by atoms with E-state index in [-0.39, 0.29) is 5.38 Å². The Hall–Kier alpha value is -1.47. The Kier molecular flexibility index (Phi) is 4.27. The van der Waals surface area contributed by atoms with E-state index in [1.54, 1.807) is 7.11 Å². The Morgan fingerprint density at radius 1 is 1.06 bits per heavy atom. The van der Waals surface area contributed by atoms with Gasteiger partial charge in [-0.25, -0.2) is 0 Å². The van der Waals surface area contributed by atoms with E-state index >= 15 is 0 Å². The van der Waals surface area contributed by atoms with Crippen molar-refractivity contribution < 1.29 is 4.74 Å². The largest absolute Gasteiger partial charge is 0.497 e. The van der Waals surface area contributed by atoms with E-state index < -0.39 is 0 Å². The van der Waals surface area contributed by atoms with Crippen LogP contribution in [0.1, 0.15) is 22.1 Å². The van der Waals surface area contributed by atoms with Crippen LogP contribution in [-0.2, 0) is 6.42 Å². The molecular formula is C16H17ClO. The molecule has 2 aromatic carbocycles. The Labute approximate surface area is 113 Å². The molecule has 0 aliphatic carbocycles. The summed E-state index contributed by atoms with van der Waals surface area (Å²) >= 11 is 6.49. The minimum absolute atomic E-state index is 0.0135. The number of methoxy groups -OCH3 is 1. The highest BCUT2D eigenvalue weighted by Crippen LogP contribution is 2.28. The van der Waals surface area contributed by atoms with Crippen LogP contribution in [0, 0.1) is 6.92 Å². The van der Waals surface area contributed by atoms with Crippen molar-refractivity contribution in [1.82, 2.24) is 0 Å². The predicted octanol–water partition coefficient (Wildman–Crippen LogP) is 4.53. The number of benzene rings is 2. The molecule has 1 nitrogen and oxygen atoms in total. The van der Waals surface area contributed by atoms with Crippen molar-refractivity contribution in [2.45, 2.75) is 18.7 Å². The molecule has 0 heterocycles. The van der Waals surface area contributed by atoms with Crippen LogP contribution in [0.25, 0.3) is 0 Å². The van der Waals surface area contributed by atoms with Crippen LogP contribution in [-0.4, -0.2) is 7.11 Å². The van der Waals surface area contributed by atoms with Crippen molar-refractivity contribution in [2.24, 2.45) is 0 Å². The Morgan fingerprint density at radius 3 is 2.33 bits per heavy atom. The highest BCUT2D eigenvalue weighted by molar-refractivity contribution is 6.21. The first kappa shape index (κ1) is 13.0. The zero-order chi connectivity index (χ0) is 13.0.